The van der Waals surface area contributed by atoms with Gasteiger partial charge in [0, 0.05) is 18.6 Å². The molecule has 2 atom stereocenters. The van der Waals surface area contributed by atoms with Crippen LogP contribution in [0.15, 0.2) is 0 Å². The van der Waals surface area contributed by atoms with Crippen LogP contribution in [0.2, 0.25) is 0 Å². The summed E-state index contributed by atoms with van der Waals surface area (Å²) in [7, 11) is -3.05. The van der Waals surface area contributed by atoms with Gasteiger partial charge in [0.05, 0.1) is 4.75 Å². The largest absolute Gasteiger partial charge is 0.315 e. The van der Waals surface area contributed by atoms with Gasteiger partial charge in [0.1, 0.15) is 0 Å². The van der Waals surface area contributed by atoms with Crippen molar-refractivity contribution >= 4 is 10.0 Å². The van der Waals surface area contributed by atoms with Crippen LogP contribution in [-0.4, -0.2) is 42.6 Å². The van der Waals surface area contributed by atoms with E-state index in [9.17, 15) is 8.42 Å². The third-order valence-electron chi connectivity index (χ3n) is 4.44. The molecule has 2 saturated heterocycles. The average Bonchev–Trinajstić information content (AvgIpc) is 2.86. The molecule has 0 aromatic rings. The summed E-state index contributed by atoms with van der Waals surface area (Å²) in [5.41, 5.74) is 0. The first-order valence-electron chi connectivity index (χ1n) is 6.28. The fourth-order valence-corrected chi connectivity index (χ4v) is 5.32. The van der Waals surface area contributed by atoms with Gasteiger partial charge in [-0.25, -0.2) is 8.42 Å². The quantitative estimate of drug-likeness (QED) is 0.778. The molecule has 2 unspecified atom stereocenters. The Labute approximate surface area is 97.4 Å². The molecule has 1 N–H and O–H groups in total. The van der Waals surface area contributed by atoms with Gasteiger partial charge in [-0.05, 0) is 45.6 Å². The van der Waals surface area contributed by atoms with Gasteiger partial charge >= 0.3 is 0 Å². The molecular weight excluding hydrogens is 224 g/mol. The van der Waals surface area contributed by atoms with Crippen molar-refractivity contribution in [1.29, 1.82) is 0 Å². The van der Waals surface area contributed by atoms with Crippen LogP contribution in [0.25, 0.3) is 0 Å². The molecule has 3 rings (SSSR count). The van der Waals surface area contributed by atoms with E-state index in [-0.39, 0.29) is 12.1 Å². The first-order valence-corrected chi connectivity index (χ1v) is 7.72. The van der Waals surface area contributed by atoms with Gasteiger partial charge in [0.2, 0.25) is 10.0 Å². The van der Waals surface area contributed by atoms with Gasteiger partial charge in [-0.3, -0.25) is 0 Å². The topological polar surface area (TPSA) is 49.4 Å². The zero-order valence-corrected chi connectivity index (χ0v) is 10.6. The van der Waals surface area contributed by atoms with Crippen molar-refractivity contribution in [3.63, 3.8) is 0 Å². The summed E-state index contributed by atoms with van der Waals surface area (Å²) in [6, 6.07) is 0.484. The predicted molar refractivity (Wildman–Crippen MR) is 62.7 cm³/mol. The Balaban J connectivity index is 1.94. The van der Waals surface area contributed by atoms with E-state index in [0.717, 1.165) is 45.2 Å². The molecule has 5 heteroatoms. The molecule has 1 aliphatic carbocycles. The summed E-state index contributed by atoms with van der Waals surface area (Å²) in [5.74, 6) is 0. The van der Waals surface area contributed by atoms with Crippen LogP contribution in [0.3, 0.4) is 0 Å². The van der Waals surface area contributed by atoms with E-state index in [0.29, 0.717) is 0 Å². The summed E-state index contributed by atoms with van der Waals surface area (Å²) in [4.78, 5) is 0. The van der Waals surface area contributed by atoms with E-state index >= 15 is 0 Å². The van der Waals surface area contributed by atoms with Gasteiger partial charge in [-0.2, -0.15) is 4.31 Å². The van der Waals surface area contributed by atoms with Crippen molar-refractivity contribution in [1.82, 2.24) is 9.62 Å². The minimum atomic E-state index is -3.05. The monoisotopic (exact) mass is 244 g/mol. The minimum Gasteiger partial charge on any atom is -0.315 e. The summed E-state index contributed by atoms with van der Waals surface area (Å²) < 4.78 is 26.6. The third-order valence-corrected chi connectivity index (χ3v) is 7.25. The number of nitrogens with zero attached hydrogens (tertiary/aromatic N) is 1. The standard InChI is InChI=1S/C11H20N2O2S/c1-11(5-6-11)16(14,15)13-9-2-3-10(13)8-12-7-4-9/h9-10,12H,2-8H2,1H3. The molecule has 3 fully saturated rings. The van der Waals surface area contributed by atoms with Gasteiger partial charge in [0.15, 0.2) is 0 Å². The molecule has 0 aromatic carbocycles. The molecule has 2 heterocycles. The molecule has 0 amide bonds. The lowest BCUT2D eigenvalue weighted by atomic mass is 10.1. The Morgan fingerprint density at radius 3 is 2.56 bits per heavy atom. The number of nitrogens with one attached hydrogen (secondary N) is 1. The number of sulfonamides is 1. The zero-order chi connectivity index (χ0) is 11.4. The van der Waals surface area contributed by atoms with Crippen molar-refractivity contribution in [3.8, 4) is 0 Å². The molecule has 0 radical (unpaired) electrons. The highest BCUT2D eigenvalue weighted by atomic mass is 32.2. The maximum Gasteiger partial charge on any atom is 0.220 e. The van der Waals surface area contributed by atoms with E-state index in [1.54, 1.807) is 0 Å². The highest BCUT2D eigenvalue weighted by molar-refractivity contribution is 7.90. The normalized spacial score (nSPS) is 38.3. The Kier molecular flexibility index (Phi) is 2.36. The predicted octanol–water partition coefficient (Wildman–Crippen LogP) is 0.695. The first kappa shape index (κ1) is 11.0. The van der Waals surface area contributed by atoms with E-state index < -0.39 is 14.8 Å². The van der Waals surface area contributed by atoms with Crippen LogP contribution >= 0.6 is 0 Å². The van der Waals surface area contributed by atoms with Crippen molar-refractivity contribution in [2.24, 2.45) is 0 Å². The second-order valence-corrected chi connectivity index (χ2v) is 8.02. The Hall–Kier alpha value is -0.130. The molecule has 4 nitrogen and oxygen atoms in total. The van der Waals surface area contributed by atoms with E-state index in [2.05, 4.69) is 5.32 Å². The van der Waals surface area contributed by atoms with Crippen molar-refractivity contribution < 1.29 is 8.42 Å². The Morgan fingerprint density at radius 2 is 1.88 bits per heavy atom. The molecule has 16 heavy (non-hydrogen) atoms. The number of fused-ring (bicyclic) bond motifs is 2. The summed E-state index contributed by atoms with van der Waals surface area (Å²) in [6.07, 6.45) is 4.76. The van der Waals surface area contributed by atoms with E-state index in [4.69, 9.17) is 0 Å². The lowest BCUT2D eigenvalue weighted by Crippen LogP contribution is -2.47. The lowest BCUT2D eigenvalue weighted by Gasteiger charge is -2.29. The van der Waals surface area contributed by atoms with Crippen LogP contribution < -0.4 is 5.32 Å². The smallest absolute Gasteiger partial charge is 0.220 e. The number of rotatable bonds is 2. The second kappa shape index (κ2) is 3.43. The molecule has 1 saturated carbocycles. The summed E-state index contributed by atoms with van der Waals surface area (Å²) in [6.45, 7) is 3.70. The van der Waals surface area contributed by atoms with Crippen molar-refractivity contribution in [2.45, 2.75) is 55.9 Å². The SMILES string of the molecule is CC1(S(=O)(=O)N2C3CCNCC2CC3)CC1. The first-order chi connectivity index (χ1) is 7.55. The van der Waals surface area contributed by atoms with Gasteiger partial charge in [-0.1, -0.05) is 0 Å². The fourth-order valence-electron chi connectivity index (χ4n) is 3.02. The van der Waals surface area contributed by atoms with Crippen LogP contribution in [0, 0.1) is 0 Å². The number of hydrogen-bond acceptors (Lipinski definition) is 3. The minimum absolute atomic E-state index is 0.218. The van der Waals surface area contributed by atoms with Crippen LogP contribution in [0.1, 0.15) is 39.0 Å². The van der Waals surface area contributed by atoms with Crippen LogP contribution in [0.5, 0.6) is 0 Å². The molecule has 0 spiro atoms. The van der Waals surface area contributed by atoms with Gasteiger partial charge in [-0.15, -0.1) is 0 Å². The summed E-state index contributed by atoms with van der Waals surface area (Å²) >= 11 is 0. The molecular formula is C11H20N2O2S. The number of hydrogen-bond donors (Lipinski definition) is 1. The van der Waals surface area contributed by atoms with Crippen molar-refractivity contribution in [2.75, 3.05) is 13.1 Å². The lowest BCUT2D eigenvalue weighted by molar-refractivity contribution is 0.329. The van der Waals surface area contributed by atoms with Crippen LogP contribution in [-0.2, 0) is 10.0 Å². The summed E-state index contributed by atoms with van der Waals surface area (Å²) in [5, 5.41) is 3.35. The molecule has 3 aliphatic rings. The Bertz CT molecular complexity index is 375. The second-order valence-electron chi connectivity index (χ2n) is 5.66. The molecule has 92 valence electrons. The molecule has 2 aliphatic heterocycles. The maximum atomic E-state index is 12.6. The van der Waals surface area contributed by atoms with Crippen LogP contribution in [0.4, 0.5) is 0 Å². The van der Waals surface area contributed by atoms with Gasteiger partial charge in [0.25, 0.3) is 0 Å². The van der Waals surface area contributed by atoms with Gasteiger partial charge < -0.3 is 5.32 Å². The zero-order valence-electron chi connectivity index (χ0n) is 9.78. The highest BCUT2D eigenvalue weighted by Crippen LogP contribution is 2.47. The molecule has 0 aromatic heterocycles. The van der Waals surface area contributed by atoms with E-state index in [1.165, 1.54) is 0 Å². The Morgan fingerprint density at radius 1 is 1.19 bits per heavy atom. The average molecular weight is 244 g/mol. The fraction of sp³-hybridized carbons (Fsp3) is 1.00. The maximum absolute atomic E-state index is 12.6. The third kappa shape index (κ3) is 1.45. The van der Waals surface area contributed by atoms with Crippen molar-refractivity contribution in [3.05, 3.63) is 0 Å². The van der Waals surface area contributed by atoms with E-state index in [1.807, 2.05) is 11.2 Å². The molecule has 2 bridgehead atoms. The highest BCUT2D eigenvalue weighted by Gasteiger charge is 2.56.